The number of hydrogen-bond donors (Lipinski definition) is 2. The van der Waals surface area contributed by atoms with E-state index >= 15 is 0 Å². The first-order valence-corrected chi connectivity index (χ1v) is 9.62. The lowest BCUT2D eigenvalue weighted by atomic mass is 10.0. The maximum atomic E-state index is 11.5. The van der Waals surface area contributed by atoms with Crippen molar-refractivity contribution in [2.75, 3.05) is 17.6 Å². The lowest BCUT2D eigenvalue weighted by Gasteiger charge is -2.18. The van der Waals surface area contributed by atoms with Crippen molar-refractivity contribution in [3.63, 3.8) is 0 Å². The van der Waals surface area contributed by atoms with Gasteiger partial charge < -0.3 is 15.8 Å². The van der Waals surface area contributed by atoms with E-state index in [1.54, 1.807) is 6.07 Å². The largest absolute Gasteiger partial charge is 0.437 e. The van der Waals surface area contributed by atoms with Gasteiger partial charge in [0.15, 0.2) is 0 Å². The molecule has 9 nitrogen and oxygen atoms in total. The average Bonchev–Trinajstić information content (AvgIpc) is 3.22. The molecule has 4 rings (SSSR count). The van der Waals surface area contributed by atoms with Gasteiger partial charge in [0, 0.05) is 24.7 Å². The summed E-state index contributed by atoms with van der Waals surface area (Å²) in [5.74, 6) is 0.576. The molecule has 1 aliphatic heterocycles. The van der Waals surface area contributed by atoms with Crippen LogP contribution in [0.5, 0.6) is 11.6 Å². The number of nitrogens with one attached hydrogen (secondary N) is 1. The summed E-state index contributed by atoms with van der Waals surface area (Å²) >= 11 is 0. The highest BCUT2D eigenvalue weighted by Crippen LogP contribution is 2.34. The van der Waals surface area contributed by atoms with Gasteiger partial charge in [0.1, 0.15) is 17.9 Å². The molecule has 3 aromatic rings. The maximum absolute atomic E-state index is 11.5. The summed E-state index contributed by atoms with van der Waals surface area (Å²) < 4.78 is 5.96. The molecule has 1 atom stereocenters. The molecule has 156 valence electrons. The first kappa shape index (κ1) is 20.0. The number of nitrogen functional groups attached to an aromatic ring is 1. The lowest BCUT2D eigenvalue weighted by molar-refractivity contribution is -0.111. The molecule has 3 N–H and O–H groups in total. The fraction of sp³-hybridized carbons (Fsp3) is 0.136. The minimum absolute atomic E-state index is 0.128. The third kappa shape index (κ3) is 4.84. The molecule has 31 heavy (non-hydrogen) atoms. The highest BCUT2D eigenvalue weighted by Gasteiger charge is 2.26. The first-order valence-electron chi connectivity index (χ1n) is 9.62. The van der Waals surface area contributed by atoms with Gasteiger partial charge in [-0.3, -0.25) is 14.8 Å². The molecule has 0 bridgehead atoms. The lowest BCUT2D eigenvalue weighted by Crippen LogP contribution is -2.19. The fourth-order valence-corrected chi connectivity index (χ4v) is 3.23. The van der Waals surface area contributed by atoms with E-state index < -0.39 is 0 Å². The predicted octanol–water partition coefficient (Wildman–Crippen LogP) is 2.96. The second-order valence-corrected chi connectivity index (χ2v) is 6.89. The van der Waals surface area contributed by atoms with Crippen molar-refractivity contribution < 1.29 is 9.53 Å². The van der Waals surface area contributed by atoms with E-state index in [0.717, 1.165) is 0 Å². The van der Waals surface area contributed by atoms with E-state index in [-0.39, 0.29) is 11.8 Å². The van der Waals surface area contributed by atoms with Crippen LogP contribution in [0, 0.1) is 0 Å². The van der Waals surface area contributed by atoms with E-state index in [1.807, 2.05) is 29.4 Å². The molecule has 0 radical (unpaired) electrons. The second kappa shape index (κ2) is 9.04. The van der Waals surface area contributed by atoms with Crippen molar-refractivity contribution in [2.45, 2.75) is 12.5 Å². The number of amides is 1. The van der Waals surface area contributed by atoms with Crippen LogP contribution in [0.3, 0.4) is 0 Å². The van der Waals surface area contributed by atoms with Crippen molar-refractivity contribution in [1.29, 1.82) is 0 Å². The van der Waals surface area contributed by atoms with Crippen LogP contribution in [-0.2, 0) is 11.3 Å². The quantitative estimate of drug-likeness (QED) is 0.570. The summed E-state index contributed by atoms with van der Waals surface area (Å²) in [6.07, 6.45) is 7.38. The Morgan fingerprint density at radius 1 is 1.29 bits per heavy atom. The van der Waals surface area contributed by atoms with E-state index in [0.29, 0.717) is 41.8 Å². The number of aromatic nitrogens is 3. The van der Waals surface area contributed by atoms with Gasteiger partial charge in [0.05, 0.1) is 30.2 Å². The number of hydrazone groups is 1. The van der Waals surface area contributed by atoms with Gasteiger partial charge in [0.25, 0.3) is 0 Å². The van der Waals surface area contributed by atoms with Crippen LogP contribution < -0.4 is 15.8 Å². The zero-order valence-corrected chi connectivity index (χ0v) is 16.7. The zero-order valence-electron chi connectivity index (χ0n) is 16.7. The van der Waals surface area contributed by atoms with Gasteiger partial charge >= 0.3 is 0 Å². The number of hydrogen-bond acceptors (Lipinski definition) is 8. The smallest absolute Gasteiger partial charge is 0.247 e. The summed E-state index contributed by atoms with van der Waals surface area (Å²) in [7, 11) is 0. The number of benzene rings is 1. The molecule has 0 saturated heterocycles. The van der Waals surface area contributed by atoms with Crippen molar-refractivity contribution in [3.8, 4) is 11.6 Å². The number of ether oxygens (including phenoxy) is 1. The van der Waals surface area contributed by atoms with Crippen molar-refractivity contribution in [2.24, 2.45) is 5.10 Å². The third-order valence-electron chi connectivity index (χ3n) is 4.65. The van der Waals surface area contributed by atoms with Crippen LogP contribution in [0.25, 0.3) is 0 Å². The molecule has 1 amide bonds. The van der Waals surface area contributed by atoms with Gasteiger partial charge in [-0.2, -0.15) is 5.10 Å². The Morgan fingerprint density at radius 3 is 2.94 bits per heavy atom. The number of nitrogens with zero attached hydrogens (tertiary/aromatic N) is 5. The molecule has 3 heterocycles. The molecule has 0 aliphatic carbocycles. The highest BCUT2D eigenvalue weighted by molar-refractivity contribution is 5.98. The number of anilines is 2. The van der Waals surface area contributed by atoms with Crippen LogP contribution >= 0.6 is 0 Å². The van der Waals surface area contributed by atoms with E-state index in [2.05, 4.69) is 44.1 Å². The summed E-state index contributed by atoms with van der Waals surface area (Å²) in [4.78, 5) is 24.0. The maximum Gasteiger partial charge on any atom is 0.247 e. The number of nitrogens with two attached hydrogens (primary N) is 1. The Kier molecular flexibility index (Phi) is 5.84. The number of carbonyl (C=O) groups is 1. The highest BCUT2D eigenvalue weighted by atomic mass is 16.5. The van der Waals surface area contributed by atoms with E-state index in [9.17, 15) is 4.79 Å². The molecular weight excluding hydrogens is 394 g/mol. The second-order valence-electron chi connectivity index (χ2n) is 6.89. The summed E-state index contributed by atoms with van der Waals surface area (Å²) in [6.45, 7) is 4.74. The van der Waals surface area contributed by atoms with Crippen molar-refractivity contribution in [1.82, 2.24) is 20.0 Å². The van der Waals surface area contributed by atoms with E-state index in [1.165, 1.54) is 30.4 Å². The van der Waals surface area contributed by atoms with Crippen LogP contribution in [0.2, 0.25) is 0 Å². The Morgan fingerprint density at radius 2 is 2.13 bits per heavy atom. The SMILES string of the molecule is C=CC(=O)Nc1cncc(Oc2ncnc(N)c2C2C=NN(Cc3ccccc3)C2)c1. The Hall–Kier alpha value is -4.27. The monoisotopic (exact) mass is 415 g/mol. The van der Waals surface area contributed by atoms with Crippen LogP contribution in [-0.4, -0.2) is 38.6 Å². The average molecular weight is 415 g/mol. The summed E-state index contributed by atoms with van der Waals surface area (Å²) in [5.41, 5.74) is 8.47. The van der Waals surface area contributed by atoms with Crippen LogP contribution in [0.15, 0.2) is 72.9 Å². The summed E-state index contributed by atoms with van der Waals surface area (Å²) in [5, 5.41) is 9.11. The van der Waals surface area contributed by atoms with Gasteiger partial charge in [0.2, 0.25) is 11.8 Å². The first-order chi connectivity index (χ1) is 15.1. The van der Waals surface area contributed by atoms with Crippen LogP contribution in [0.4, 0.5) is 11.5 Å². The molecule has 1 unspecified atom stereocenters. The van der Waals surface area contributed by atoms with Gasteiger partial charge in [-0.05, 0) is 11.6 Å². The molecule has 0 spiro atoms. The molecule has 0 fully saturated rings. The summed E-state index contributed by atoms with van der Waals surface area (Å²) in [6, 6.07) is 11.7. The van der Waals surface area contributed by atoms with Gasteiger partial charge in [-0.1, -0.05) is 36.9 Å². The molecule has 2 aromatic heterocycles. The molecule has 0 saturated carbocycles. The van der Waals surface area contributed by atoms with Crippen LogP contribution in [0.1, 0.15) is 17.0 Å². The molecule has 9 heteroatoms. The van der Waals surface area contributed by atoms with Crippen molar-refractivity contribution in [3.05, 3.63) is 78.9 Å². The standard InChI is InChI=1S/C22H21N7O2/c1-2-19(30)28-17-8-18(11-24-10-17)31-22-20(21(23)25-14-26-22)16-9-27-29(13-16)12-15-6-4-3-5-7-15/h2-11,14,16H,1,12-13H2,(H,28,30)(H2,23,25,26). The fourth-order valence-electron chi connectivity index (χ4n) is 3.23. The van der Waals surface area contributed by atoms with E-state index in [4.69, 9.17) is 10.5 Å². The number of rotatable bonds is 7. The topological polar surface area (TPSA) is 119 Å². The zero-order chi connectivity index (χ0) is 21.6. The Labute approximate surface area is 179 Å². The third-order valence-corrected chi connectivity index (χ3v) is 4.65. The van der Waals surface area contributed by atoms with Gasteiger partial charge in [-0.25, -0.2) is 9.97 Å². The molecule has 1 aliphatic rings. The Bertz CT molecular complexity index is 1120. The predicted molar refractivity (Wildman–Crippen MR) is 118 cm³/mol. The molecule has 1 aromatic carbocycles. The minimum Gasteiger partial charge on any atom is -0.437 e. The normalized spacial score (nSPS) is 15.0. The Balaban J connectivity index is 1.52. The van der Waals surface area contributed by atoms with Crippen molar-refractivity contribution >= 4 is 23.6 Å². The number of pyridine rings is 1. The minimum atomic E-state index is -0.341. The van der Waals surface area contributed by atoms with Gasteiger partial charge in [-0.15, -0.1) is 0 Å². The number of carbonyl (C=O) groups excluding carboxylic acids is 1. The molecular formula is C22H21N7O2.